The molecule has 2 rings (SSSR count). The molecule has 1 atom stereocenters. The van der Waals surface area contributed by atoms with Crippen LogP contribution in [0, 0.1) is 0 Å². The number of halogens is 1. The van der Waals surface area contributed by atoms with Gasteiger partial charge >= 0.3 is 0 Å². The Bertz CT molecular complexity index is 493. The van der Waals surface area contributed by atoms with E-state index in [4.69, 9.17) is 17.3 Å². The minimum Gasteiger partial charge on any atom is -0.324 e. The van der Waals surface area contributed by atoms with Crippen LogP contribution in [0.5, 0.6) is 0 Å². The molecule has 1 heterocycles. The lowest BCUT2D eigenvalue weighted by molar-refractivity contribution is 0.614. The van der Waals surface area contributed by atoms with Gasteiger partial charge in [0.15, 0.2) is 0 Å². The van der Waals surface area contributed by atoms with Gasteiger partial charge in [0.05, 0.1) is 0 Å². The Kier molecular flexibility index (Phi) is 3.82. The molecule has 0 aliphatic rings. The minimum atomic E-state index is -0.0291. The van der Waals surface area contributed by atoms with Crippen LogP contribution in [0.1, 0.15) is 23.7 Å². The summed E-state index contributed by atoms with van der Waals surface area (Å²) in [7, 11) is 1.94. The first-order valence-corrected chi connectivity index (χ1v) is 6.03. The molecule has 0 radical (unpaired) electrons. The largest absolute Gasteiger partial charge is 0.324 e. The van der Waals surface area contributed by atoms with Gasteiger partial charge in [-0.25, -0.2) is 0 Å². The number of aryl methyl sites for hydroxylation is 2. The van der Waals surface area contributed by atoms with E-state index in [9.17, 15) is 0 Å². The van der Waals surface area contributed by atoms with Crippen molar-refractivity contribution in [1.82, 2.24) is 9.78 Å². The second-order valence-corrected chi connectivity index (χ2v) is 4.52. The number of nitrogens with zero attached hydrogens (tertiary/aromatic N) is 2. The predicted octanol–water partition coefficient (Wildman–Crippen LogP) is 2.71. The zero-order chi connectivity index (χ0) is 12.3. The first-order chi connectivity index (χ1) is 8.18. The number of aromatic nitrogens is 2. The van der Waals surface area contributed by atoms with Crippen LogP contribution in [0.3, 0.4) is 0 Å². The zero-order valence-electron chi connectivity index (χ0n) is 9.81. The van der Waals surface area contributed by atoms with E-state index in [1.54, 1.807) is 6.20 Å². The van der Waals surface area contributed by atoms with E-state index in [1.165, 1.54) is 5.69 Å². The topological polar surface area (TPSA) is 43.8 Å². The van der Waals surface area contributed by atoms with Crippen molar-refractivity contribution in [2.24, 2.45) is 12.8 Å². The summed E-state index contributed by atoms with van der Waals surface area (Å²) in [5.74, 6) is 0. The molecule has 3 nitrogen and oxygen atoms in total. The van der Waals surface area contributed by atoms with Crippen LogP contribution in [-0.4, -0.2) is 9.78 Å². The SMILES string of the molecule is Cn1nccc1CCC(N)c1ccccc1Cl. The van der Waals surface area contributed by atoms with Crippen molar-refractivity contribution in [2.75, 3.05) is 0 Å². The molecule has 90 valence electrons. The Morgan fingerprint density at radius 2 is 2.12 bits per heavy atom. The third kappa shape index (κ3) is 2.87. The highest BCUT2D eigenvalue weighted by Gasteiger charge is 2.10. The lowest BCUT2D eigenvalue weighted by atomic mass is 10.0. The van der Waals surface area contributed by atoms with Crippen LogP contribution < -0.4 is 5.73 Å². The fraction of sp³-hybridized carbons (Fsp3) is 0.308. The van der Waals surface area contributed by atoms with E-state index >= 15 is 0 Å². The van der Waals surface area contributed by atoms with Crippen molar-refractivity contribution in [2.45, 2.75) is 18.9 Å². The van der Waals surface area contributed by atoms with Gasteiger partial charge in [-0.1, -0.05) is 29.8 Å². The first-order valence-electron chi connectivity index (χ1n) is 5.65. The van der Waals surface area contributed by atoms with Crippen molar-refractivity contribution in [3.05, 3.63) is 52.8 Å². The van der Waals surface area contributed by atoms with E-state index in [0.717, 1.165) is 23.4 Å². The van der Waals surface area contributed by atoms with Crippen molar-refractivity contribution in [3.8, 4) is 0 Å². The predicted molar refractivity (Wildman–Crippen MR) is 69.9 cm³/mol. The van der Waals surface area contributed by atoms with E-state index in [0.29, 0.717) is 0 Å². The lowest BCUT2D eigenvalue weighted by Crippen LogP contribution is -2.12. The van der Waals surface area contributed by atoms with Gasteiger partial charge in [-0.05, 0) is 30.5 Å². The third-order valence-corrected chi connectivity index (χ3v) is 3.28. The second kappa shape index (κ2) is 5.34. The van der Waals surface area contributed by atoms with Crippen LogP contribution in [0.15, 0.2) is 36.5 Å². The fourth-order valence-corrected chi connectivity index (χ4v) is 2.16. The highest BCUT2D eigenvalue weighted by molar-refractivity contribution is 6.31. The average molecular weight is 250 g/mol. The Labute approximate surface area is 106 Å². The summed E-state index contributed by atoms with van der Waals surface area (Å²) < 4.78 is 1.87. The van der Waals surface area contributed by atoms with Crippen LogP contribution in [0.4, 0.5) is 0 Å². The van der Waals surface area contributed by atoms with Gasteiger partial charge in [0.2, 0.25) is 0 Å². The summed E-state index contributed by atoms with van der Waals surface area (Å²) in [5, 5.41) is 4.88. The monoisotopic (exact) mass is 249 g/mol. The van der Waals surface area contributed by atoms with Crippen molar-refractivity contribution < 1.29 is 0 Å². The van der Waals surface area contributed by atoms with Gasteiger partial charge in [-0.15, -0.1) is 0 Å². The molecule has 2 N–H and O–H groups in total. The van der Waals surface area contributed by atoms with E-state index in [2.05, 4.69) is 5.10 Å². The smallest absolute Gasteiger partial charge is 0.0492 e. The summed E-state index contributed by atoms with van der Waals surface area (Å²) >= 11 is 6.11. The molecule has 0 saturated carbocycles. The quantitative estimate of drug-likeness (QED) is 0.906. The van der Waals surface area contributed by atoms with E-state index < -0.39 is 0 Å². The first kappa shape index (κ1) is 12.1. The van der Waals surface area contributed by atoms with E-state index in [-0.39, 0.29) is 6.04 Å². The van der Waals surface area contributed by atoms with Crippen LogP contribution in [-0.2, 0) is 13.5 Å². The maximum absolute atomic E-state index is 6.15. The van der Waals surface area contributed by atoms with Gasteiger partial charge in [0, 0.05) is 30.0 Å². The van der Waals surface area contributed by atoms with Gasteiger partial charge < -0.3 is 5.73 Å². The summed E-state index contributed by atoms with van der Waals surface area (Å²) in [5.41, 5.74) is 8.35. The molecule has 0 bridgehead atoms. The standard InChI is InChI=1S/C13H16ClN3/c1-17-10(8-9-16-17)6-7-13(15)11-4-2-3-5-12(11)14/h2-5,8-9,13H,6-7,15H2,1H3. The Morgan fingerprint density at radius 1 is 1.35 bits per heavy atom. The summed E-state index contributed by atoms with van der Waals surface area (Å²) in [6.07, 6.45) is 3.57. The van der Waals surface area contributed by atoms with Crippen LogP contribution in [0.25, 0.3) is 0 Å². The maximum Gasteiger partial charge on any atom is 0.0492 e. The number of nitrogens with two attached hydrogens (primary N) is 1. The molecule has 1 unspecified atom stereocenters. The summed E-state index contributed by atoms with van der Waals surface area (Å²) in [6, 6.07) is 9.72. The molecular formula is C13H16ClN3. The number of hydrogen-bond donors (Lipinski definition) is 1. The molecule has 0 aliphatic carbocycles. The Morgan fingerprint density at radius 3 is 2.76 bits per heavy atom. The molecule has 1 aromatic carbocycles. The maximum atomic E-state index is 6.15. The van der Waals surface area contributed by atoms with Gasteiger partial charge in [0.25, 0.3) is 0 Å². The fourth-order valence-electron chi connectivity index (χ4n) is 1.88. The Balaban J connectivity index is 2.01. The average Bonchev–Trinajstić information content (AvgIpc) is 2.72. The highest BCUT2D eigenvalue weighted by atomic mass is 35.5. The van der Waals surface area contributed by atoms with Gasteiger partial charge in [0.1, 0.15) is 0 Å². The molecule has 0 amide bonds. The third-order valence-electron chi connectivity index (χ3n) is 2.94. The minimum absolute atomic E-state index is 0.0291. The molecule has 2 aromatic rings. The van der Waals surface area contributed by atoms with Gasteiger partial charge in [-0.2, -0.15) is 5.10 Å². The van der Waals surface area contributed by atoms with Crippen molar-refractivity contribution in [3.63, 3.8) is 0 Å². The summed E-state index contributed by atoms with van der Waals surface area (Å²) in [6.45, 7) is 0. The zero-order valence-corrected chi connectivity index (χ0v) is 10.6. The number of rotatable bonds is 4. The molecule has 0 fully saturated rings. The number of benzene rings is 1. The lowest BCUT2D eigenvalue weighted by Gasteiger charge is -2.13. The highest BCUT2D eigenvalue weighted by Crippen LogP contribution is 2.24. The second-order valence-electron chi connectivity index (χ2n) is 4.11. The molecule has 1 aromatic heterocycles. The van der Waals surface area contributed by atoms with Crippen LogP contribution >= 0.6 is 11.6 Å². The normalized spacial score (nSPS) is 12.6. The summed E-state index contributed by atoms with van der Waals surface area (Å²) in [4.78, 5) is 0. The molecule has 17 heavy (non-hydrogen) atoms. The van der Waals surface area contributed by atoms with Gasteiger partial charge in [-0.3, -0.25) is 4.68 Å². The molecule has 0 spiro atoms. The Hall–Kier alpha value is -1.32. The molecule has 0 saturated heterocycles. The van der Waals surface area contributed by atoms with E-state index in [1.807, 2.05) is 42.1 Å². The van der Waals surface area contributed by atoms with Crippen molar-refractivity contribution >= 4 is 11.6 Å². The van der Waals surface area contributed by atoms with Crippen LogP contribution in [0.2, 0.25) is 5.02 Å². The molecular weight excluding hydrogens is 234 g/mol. The number of hydrogen-bond acceptors (Lipinski definition) is 2. The molecule has 0 aliphatic heterocycles. The molecule has 4 heteroatoms. The van der Waals surface area contributed by atoms with Crippen molar-refractivity contribution in [1.29, 1.82) is 0 Å².